The number of benzene rings is 1. The first-order chi connectivity index (χ1) is 7.87. The van der Waals surface area contributed by atoms with Crippen molar-refractivity contribution < 1.29 is 8.42 Å². The molecule has 1 unspecified atom stereocenters. The highest BCUT2D eigenvalue weighted by molar-refractivity contribution is 7.90. The van der Waals surface area contributed by atoms with Gasteiger partial charge in [0.1, 0.15) is 9.84 Å². The van der Waals surface area contributed by atoms with Gasteiger partial charge in [-0.15, -0.1) is 0 Å². The fourth-order valence-electron chi connectivity index (χ4n) is 1.41. The van der Waals surface area contributed by atoms with Crippen LogP contribution in [0.3, 0.4) is 0 Å². The molecule has 0 radical (unpaired) electrons. The summed E-state index contributed by atoms with van der Waals surface area (Å²) in [5.41, 5.74) is 0.872. The minimum Gasteiger partial charge on any atom is -0.359 e. The van der Waals surface area contributed by atoms with Crippen molar-refractivity contribution in [1.29, 1.82) is 0 Å². The summed E-state index contributed by atoms with van der Waals surface area (Å²) in [4.78, 5) is 0. The molecule has 1 atom stereocenters. The van der Waals surface area contributed by atoms with Gasteiger partial charge < -0.3 is 10.6 Å². The number of hydrogen-bond acceptors (Lipinski definition) is 3. The van der Waals surface area contributed by atoms with E-state index < -0.39 is 9.84 Å². The van der Waals surface area contributed by atoms with E-state index in [9.17, 15) is 8.42 Å². The van der Waals surface area contributed by atoms with Crippen molar-refractivity contribution in [2.45, 2.75) is 13.0 Å². The zero-order chi connectivity index (χ0) is 12.9. The number of thiocarbonyl (C=S) groups is 1. The molecule has 0 spiro atoms. The molecule has 0 heterocycles. The molecule has 0 bridgehead atoms. The summed E-state index contributed by atoms with van der Waals surface area (Å²) in [5.74, 6) is 0.0591. The van der Waals surface area contributed by atoms with Crippen LogP contribution < -0.4 is 10.6 Å². The molecular weight excluding hydrogens is 256 g/mol. The Kier molecular flexibility index (Phi) is 4.89. The van der Waals surface area contributed by atoms with E-state index in [1.165, 1.54) is 6.26 Å². The molecule has 0 aliphatic carbocycles. The minimum atomic E-state index is -2.99. The average molecular weight is 272 g/mol. The van der Waals surface area contributed by atoms with E-state index >= 15 is 0 Å². The second kappa shape index (κ2) is 5.97. The van der Waals surface area contributed by atoms with Gasteiger partial charge in [0.15, 0.2) is 5.11 Å². The lowest BCUT2D eigenvalue weighted by molar-refractivity contribution is 0.591. The van der Waals surface area contributed by atoms with E-state index in [-0.39, 0.29) is 11.8 Å². The highest BCUT2D eigenvalue weighted by Crippen LogP contribution is 2.04. The Morgan fingerprint density at radius 2 is 1.94 bits per heavy atom. The highest BCUT2D eigenvalue weighted by atomic mass is 32.2. The van der Waals surface area contributed by atoms with Crippen molar-refractivity contribution in [2.24, 2.45) is 0 Å². The Morgan fingerprint density at radius 3 is 2.47 bits per heavy atom. The second-order valence-corrected chi connectivity index (χ2v) is 6.55. The van der Waals surface area contributed by atoms with Crippen molar-refractivity contribution in [3.05, 3.63) is 30.3 Å². The molecule has 0 aliphatic heterocycles. The summed E-state index contributed by atoms with van der Waals surface area (Å²) in [5, 5.41) is 6.33. The Morgan fingerprint density at radius 1 is 1.35 bits per heavy atom. The van der Waals surface area contributed by atoms with Crippen molar-refractivity contribution in [2.75, 3.05) is 17.3 Å². The van der Waals surface area contributed by atoms with Crippen molar-refractivity contribution in [3.63, 3.8) is 0 Å². The van der Waals surface area contributed by atoms with E-state index in [1.807, 2.05) is 30.3 Å². The zero-order valence-electron chi connectivity index (χ0n) is 9.80. The van der Waals surface area contributed by atoms with Crippen LogP contribution in [-0.4, -0.2) is 31.6 Å². The summed E-state index contributed by atoms with van der Waals surface area (Å²) < 4.78 is 22.2. The molecule has 6 heteroatoms. The highest BCUT2D eigenvalue weighted by Gasteiger charge is 2.11. The van der Waals surface area contributed by atoms with Crippen molar-refractivity contribution in [1.82, 2.24) is 5.32 Å². The van der Waals surface area contributed by atoms with Crippen LogP contribution in [0.25, 0.3) is 0 Å². The first-order valence-electron chi connectivity index (χ1n) is 5.17. The van der Waals surface area contributed by atoms with Gasteiger partial charge in [-0.1, -0.05) is 18.2 Å². The first kappa shape index (κ1) is 13.9. The van der Waals surface area contributed by atoms with Crippen LogP contribution in [0.15, 0.2) is 30.3 Å². The fraction of sp³-hybridized carbons (Fsp3) is 0.364. The summed E-state index contributed by atoms with van der Waals surface area (Å²) in [6.07, 6.45) is 1.21. The Bertz CT molecular complexity index is 472. The maximum Gasteiger partial charge on any atom is 0.171 e. The van der Waals surface area contributed by atoms with Crippen LogP contribution in [0.1, 0.15) is 6.92 Å². The topological polar surface area (TPSA) is 58.2 Å². The molecule has 1 aromatic carbocycles. The smallest absolute Gasteiger partial charge is 0.171 e. The summed E-state index contributed by atoms with van der Waals surface area (Å²) in [7, 11) is -2.99. The lowest BCUT2D eigenvalue weighted by Crippen LogP contribution is -2.39. The van der Waals surface area contributed by atoms with Crippen LogP contribution >= 0.6 is 12.2 Å². The average Bonchev–Trinajstić information content (AvgIpc) is 2.15. The Hall–Kier alpha value is -1.14. The minimum absolute atomic E-state index is 0.0591. The van der Waals surface area contributed by atoms with Gasteiger partial charge in [0, 0.05) is 18.0 Å². The van der Waals surface area contributed by atoms with E-state index in [0.29, 0.717) is 5.11 Å². The predicted octanol–water partition coefficient (Wildman–Crippen LogP) is 1.41. The molecule has 1 rings (SSSR count). The predicted molar refractivity (Wildman–Crippen MR) is 75.0 cm³/mol. The van der Waals surface area contributed by atoms with E-state index in [2.05, 4.69) is 10.6 Å². The van der Waals surface area contributed by atoms with E-state index in [0.717, 1.165) is 5.69 Å². The molecule has 1 aromatic rings. The third-order valence-electron chi connectivity index (χ3n) is 1.96. The van der Waals surface area contributed by atoms with Gasteiger partial charge in [-0.25, -0.2) is 8.42 Å². The molecule has 0 aromatic heterocycles. The molecule has 2 N–H and O–H groups in total. The lowest BCUT2D eigenvalue weighted by Gasteiger charge is -2.16. The van der Waals surface area contributed by atoms with Crippen LogP contribution in [0.2, 0.25) is 0 Å². The lowest BCUT2D eigenvalue weighted by atomic mass is 10.3. The molecule has 0 amide bonds. The standard InChI is InChI=1S/C11H16N2O2S2/c1-9(8-17(2,14)15)12-11(16)13-10-6-4-3-5-7-10/h3-7,9H,8H2,1-2H3,(H2,12,13,16). The Balaban J connectivity index is 2.45. The van der Waals surface area contributed by atoms with Crippen LogP contribution in [-0.2, 0) is 9.84 Å². The quantitative estimate of drug-likeness (QED) is 0.812. The van der Waals surface area contributed by atoms with Gasteiger partial charge in [-0.3, -0.25) is 0 Å². The second-order valence-electron chi connectivity index (χ2n) is 3.96. The number of sulfone groups is 1. The number of hydrogen-bond donors (Lipinski definition) is 2. The van der Waals surface area contributed by atoms with Crippen LogP contribution in [0.5, 0.6) is 0 Å². The first-order valence-corrected chi connectivity index (χ1v) is 7.64. The fourth-order valence-corrected chi connectivity index (χ4v) is 2.72. The molecule has 17 heavy (non-hydrogen) atoms. The molecule has 0 saturated heterocycles. The monoisotopic (exact) mass is 272 g/mol. The normalized spacial score (nSPS) is 12.8. The van der Waals surface area contributed by atoms with E-state index in [1.54, 1.807) is 6.92 Å². The summed E-state index contributed by atoms with van der Waals surface area (Å²) >= 11 is 5.08. The molecule has 0 saturated carbocycles. The number of para-hydroxylation sites is 1. The molecule has 94 valence electrons. The molecule has 0 fully saturated rings. The molecule has 0 aliphatic rings. The van der Waals surface area contributed by atoms with Crippen LogP contribution in [0, 0.1) is 0 Å². The number of anilines is 1. The maximum absolute atomic E-state index is 11.1. The van der Waals surface area contributed by atoms with Gasteiger partial charge in [-0.2, -0.15) is 0 Å². The van der Waals surface area contributed by atoms with Gasteiger partial charge in [0.2, 0.25) is 0 Å². The Labute approximate surface area is 107 Å². The van der Waals surface area contributed by atoms with Gasteiger partial charge in [0.25, 0.3) is 0 Å². The third kappa shape index (κ3) is 6.23. The zero-order valence-corrected chi connectivity index (χ0v) is 11.4. The third-order valence-corrected chi connectivity index (χ3v) is 3.29. The number of nitrogens with one attached hydrogen (secondary N) is 2. The van der Waals surface area contributed by atoms with Crippen molar-refractivity contribution in [3.8, 4) is 0 Å². The number of rotatable bonds is 4. The van der Waals surface area contributed by atoms with Gasteiger partial charge in [-0.05, 0) is 31.3 Å². The van der Waals surface area contributed by atoms with E-state index in [4.69, 9.17) is 12.2 Å². The SMILES string of the molecule is CC(CS(C)(=O)=O)NC(=S)Nc1ccccc1. The molecule has 4 nitrogen and oxygen atoms in total. The maximum atomic E-state index is 11.1. The summed E-state index contributed by atoms with van der Waals surface area (Å²) in [6, 6.07) is 9.25. The largest absolute Gasteiger partial charge is 0.359 e. The van der Waals surface area contributed by atoms with Crippen LogP contribution in [0.4, 0.5) is 5.69 Å². The van der Waals surface area contributed by atoms with Crippen molar-refractivity contribution >= 4 is 32.9 Å². The van der Waals surface area contributed by atoms with Gasteiger partial charge >= 0.3 is 0 Å². The summed E-state index contributed by atoms with van der Waals surface area (Å²) in [6.45, 7) is 1.78. The molecular formula is C11H16N2O2S2. The van der Waals surface area contributed by atoms with Gasteiger partial charge in [0.05, 0.1) is 5.75 Å².